The summed E-state index contributed by atoms with van der Waals surface area (Å²) in [7, 11) is 0. The van der Waals surface area contributed by atoms with E-state index in [0.29, 0.717) is 49.0 Å². The van der Waals surface area contributed by atoms with Crippen LogP contribution in [0, 0.1) is 5.82 Å². The number of anilines is 2. The Kier molecular flexibility index (Phi) is 10.9. The maximum atomic E-state index is 13.6. The highest BCUT2D eigenvalue weighted by Gasteiger charge is 2.22. The van der Waals surface area contributed by atoms with Gasteiger partial charge in [0.05, 0.1) is 17.9 Å². The van der Waals surface area contributed by atoms with Crippen LogP contribution >= 0.6 is 0 Å². The summed E-state index contributed by atoms with van der Waals surface area (Å²) in [6.45, 7) is 3.03. The highest BCUT2D eigenvalue weighted by Crippen LogP contribution is 2.26. The second-order valence-electron chi connectivity index (χ2n) is 11.8. The number of pyridine rings is 3. The van der Waals surface area contributed by atoms with Crippen LogP contribution in [0.15, 0.2) is 79.4 Å². The van der Waals surface area contributed by atoms with Crippen molar-refractivity contribution in [1.82, 2.24) is 29.8 Å². The zero-order chi connectivity index (χ0) is 33.1. The van der Waals surface area contributed by atoms with E-state index in [1.54, 1.807) is 12.4 Å². The molecule has 1 unspecified atom stereocenters. The number of hydrogen-bond donors (Lipinski definition) is 3. The Morgan fingerprint density at radius 1 is 1.00 bits per heavy atom. The predicted octanol–water partition coefficient (Wildman–Crippen LogP) is 5.64. The molecule has 48 heavy (non-hydrogen) atoms. The highest BCUT2D eigenvalue weighted by molar-refractivity contribution is 5.92. The molecule has 0 saturated heterocycles. The lowest BCUT2D eigenvalue weighted by atomic mass is 10.1. The van der Waals surface area contributed by atoms with E-state index >= 15 is 0 Å². The molecule has 1 atom stereocenters. The summed E-state index contributed by atoms with van der Waals surface area (Å²) in [5.74, 6) is 0.827. The fourth-order valence-electron chi connectivity index (χ4n) is 5.79. The third kappa shape index (κ3) is 8.77. The number of aromatic nitrogens is 5. The number of carboxylic acid groups (broad SMARTS) is 1. The Morgan fingerprint density at radius 3 is 2.77 bits per heavy atom. The van der Waals surface area contributed by atoms with E-state index in [0.717, 1.165) is 73.9 Å². The van der Waals surface area contributed by atoms with Gasteiger partial charge in [-0.15, -0.1) is 0 Å². The minimum Gasteiger partial charge on any atom is -0.491 e. The molecule has 4 aromatic heterocycles. The molecule has 0 bridgehead atoms. The maximum absolute atomic E-state index is 13.6. The average molecular weight is 651 g/mol. The monoisotopic (exact) mass is 650 g/mol. The SMILES string of the molecule is O=C(O)C(CCN(CCCCc1ccc2c(n1)NCCC2)CCOc1cncc(F)c1)Nc1nc(-c2cccnc2)nc2ccccc12. The molecular formula is C36H39FN8O3. The zero-order valence-electron chi connectivity index (χ0n) is 26.7. The van der Waals surface area contributed by atoms with Crippen LogP contribution in [0.3, 0.4) is 0 Å². The quantitative estimate of drug-likeness (QED) is 0.114. The Bertz CT molecular complexity index is 1830. The molecule has 0 fully saturated rings. The number of ether oxygens (including phenoxy) is 1. The summed E-state index contributed by atoms with van der Waals surface area (Å²) in [5.41, 5.74) is 3.77. The van der Waals surface area contributed by atoms with E-state index in [9.17, 15) is 14.3 Å². The Balaban J connectivity index is 1.11. The van der Waals surface area contributed by atoms with Crippen molar-refractivity contribution in [2.24, 2.45) is 0 Å². The minimum absolute atomic E-state index is 0.305. The highest BCUT2D eigenvalue weighted by atomic mass is 19.1. The van der Waals surface area contributed by atoms with Crippen LogP contribution in [0.25, 0.3) is 22.3 Å². The van der Waals surface area contributed by atoms with E-state index in [1.165, 1.54) is 17.8 Å². The molecule has 1 aliphatic rings. The van der Waals surface area contributed by atoms with Crippen LogP contribution < -0.4 is 15.4 Å². The molecule has 5 aromatic rings. The van der Waals surface area contributed by atoms with Gasteiger partial charge in [0.25, 0.3) is 0 Å². The Labute approximate surface area is 278 Å². The number of aliphatic carboxylic acids is 1. The van der Waals surface area contributed by atoms with Crippen molar-refractivity contribution < 1.29 is 19.0 Å². The van der Waals surface area contributed by atoms with Gasteiger partial charge < -0.3 is 20.5 Å². The lowest BCUT2D eigenvalue weighted by Gasteiger charge is -2.25. The first-order valence-corrected chi connectivity index (χ1v) is 16.4. The molecule has 1 aliphatic heterocycles. The van der Waals surface area contributed by atoms with Crippen LogP contribution in [0.1, 0.15) is 36.9 Å². The van der Waals surface area contributed by atoms with E-state index in [-0.39, 0.29) is 0 Å². The Hall–Kier alpha value is -5.23. The first-order valence-electron chi connectivity index (χ1n) is 16.4. The molecule has 0 saturated carbocycles. The molecule has 5 heterocycles. The predicted molar refractivity (Wildman–Crippen MR) is 183 cm³/mol. The number of carboxylic acids is 1. The summed E-state index contributed by atoms with van der Waals surface area (Å²) < 4.78 is 19.4. The van der Waals surface area contributed by atoms with Crippen LogP contribution in [-0.2, 0) is 17.6 Å². The third-order valence-electron chi connectivity index (χ3n) is 8.33. The van der Waals surface area contributed by atoms with Gasteiger partial charge in [-0.1, -0.05) is 18.2 Å². The topological polar surface area (TPSA) is 138 Å². The number of rotatable bonds is 16. The molecule has 12 heteroatoms. The van der Waals surface area contributed by atoms with Crippen molar-refractivity contribution in [1.29, 1.82) is 0 Å². The lowest BCUT2D eigenvalue weighted by Crippen LogP contribution is -2.37. The van der Waals surface area contributed by atoms with Gasteiger partial charge in [-0.2, -0.15) is 0 Å². The molecule has 11 nitrogen and oxygen atoms in total. The molecule has 3 N–H and O–H groups in total. The maximum Gasteiger partial charge on any atom is 0.326 e. The van der Waals surface area contributed by atoms with Gasteiger partial charge in [0.2, 0.25) is 0 Å². The van der Waals surface area contributed by atoms with Gasteiger partial charge in [0.15, 0.2) is 5.82 Å². The fraction of sp³-hybridized carbons (Fsp3) is 0.333. The molecule has 0 aliphatic carbocycles. The third-order valence-corrected chi connectivity index (χ3v) is 8.33. The first kappa shape index (κ1) is 32.7. The fourth-order valence-corrected chi connectivity index (χ4v) is 5.79. The van der Waals surface area contributed by atoms with Gasteiger partial charge in [-0.25, -0.2) is 24.1 Å². The second kappa shape index (κ2) is 16.1. The van der Waals surface area contributed by atoms with Crippen LogP contribution in [0.4, 0.5) is 16.0 Å². The van der Waals surface area contributed by atoms with E-state index in [2.05, 4.69) is 42.6 Å². The molecule has 6 rings (SSSR count). The number of benzene rings is 1. The van der Waals surface area contributed by atoms with Crippen molar-refractivity contribution >= 4 is 28.5 Å². The largest absolute Gasteiger partial charge is 0.491 e. The molecule has 248 valence electrons. The summed E-state index contributed by atoms with van der Waals surface area (Å²) >= 11 is 0. The van der Waals surface area contributed by atoms with Crippen LogP contribution in [0.5, 0.6) is 5.75 Å². The molecule has 0 amide bonds. The lowest BCUT2D eigenvalue weighted by molar-refractivity contribution is -0.138. The van der Waals surface area contributed by atoms with Gasteiger partial charge in [-0.05, 0) is 81.0 Å². The average Bonchev–Trinajstić information content (AvgIpc) is 3.11. The van der Waals surface area contributed by atoms with Crippen molar-refractivity contribution in [3.63, 3.8) is 0 Å². The summed E-state index contributed by atoms with van der Waals surface area (Å²) in [4.78, 5) is 37.0. The Morgan fingerprint density at radius 2 is 1.92 bits per heavy atom. The molecule has 0 radical (unpaired) electrons. The molecule has 1 aromatic carbocycles. The number of aryl methyl sites for hydroxylation is 2. The van der Waals surface area contributed by atoms with Gasteiger partial charge in [0, 0.05) is 54.7 Å². The van der Waals surface area contributed by atoms with E-state index < -0.39 is 17.8 Å². The number of hydrogen-bond acceptors (Lipinski definition) is 10. The second-order valence-corrected chi connectivity index (χ2v) is 11.8. The number of nitrogens with one attached hydrogen (secondary N) is 2. The number of halogens is 1. The standard InChI is InChI=1S/C36H39FN8O3/c37-27-21-29(24-39-23-27)48-20-19-45(17-4-3-9-28-13-12-25-7-6-16-40-33(25)41-28)18-14-32(36(46)47)43-35-30-10-1-2-11-31(30)42-34(44-35)26-8-5-15-38-22-26/h1-2,5,8,10-13,15,21-24,32H,3-4,6-7,9,14,16-20H2,(H,40,41)(H,46,47)(H,42,43,44). The van der Waals surface area contributed by atoms with Crippen LogP contribution in [-0.4, -0.2) is 79.7 Å². The van der Waals surface area contributed by atoms with Crippen molar-refractivity contribution in [2.45, 2.75) is 44.6 Å². The van der Waals surface area contributed by atoms with Crippen molar-refractivity contribution in [2.75, 3.05) is 43.4 Å². The summed E-state index contributed by atoms with van der Waals surface area (Å²) in [6, 6.07) is 15.9. The van der Waals surface area contributed by atoms with E-state index in [4.69, 9.17) is 14.7 Å². The van der Waals surface area contributed by atoms with Crippen LogP contribution in [0.2, 0.25) is 0 Å². The summed E-state index contributed by atoms with van der Waals surface area (Å²) in [5, 5.41) is 17.6. The number of carbonyl (C=O) groups is 1. The number of para-hydroxylation sites is 1. The minimum atomic E-state index is -0.977. The number of unbranched alkanes of at least 4 members (excludes halogenated alkanes) is 1. The van der Waals surface area contributed by atoms with Crippen molar-refractivity contribution in [3.05, 3.63) is 96.5 Å². The normalized spacial score (nSPS) is 13.1. The first-order chi connectivity index (χ1) is 23.5. The number of fused-ring (bicyclic) bond motifs is 2. The molecular weight excluding hydrogens is 611 g/mol. The zero-order valence-corrected chi connectivity index (χ0v) is 26.7. The van der Waals surface area contributed by atoms with Gasteiger partial charge in [-0.3, -0.25) is 14.9 Å². The van der Waals surface area contributed by atoms with E-state index in [1.807, 2.05) is 36.4 Å². The van der Waals surface area contributed by atoms with Crippen molar-refractivity contribution in [3.8, 4) is 17.1 Å². The smallest absolute Gasteiger partial charge is 0.326 e. The van der Waals surface area contributed by atoms with Gasteiger partial charge >= 0.3 is 5.97 Å². The summed E-state index contributed by atoms with van der Waals surface area (Å²) in [6.07, 6.45) is 11.2. The van der Waals surface area contributed by atoms with Gasteiger partial charge in [0.1, 0.15) is 35.9 Å². The molecule has 0 spiro atoms. The number of nitrogens with zero attached hydrogens (tertiary/aromatic N) is 6.